The Kier molecular flexibility index (Phi) is 8.21. The molecule has 0 radical (unpaired) electrons. The van der Waals surface area contributed by atoms with Crippen molar-refractivity contribution in [3.05, 3.63) is 35.9 Å². The van der Waals surface area contributed by atoms with Crippen LogP contribution in [0.3, 0.4) is 0 Å². The van der Waals surface area contributed by atoms with E-state index >= 15 is 0 Å². The molecule has 0 aromatic heterocycles. The molecular weight excluding hydrogens is 374 g/mol. The van der Waals surface area contributed by atoms with Gasteiger partial charge in [0.05, 0.1) is 19.3 Å². The first-order valence-corrected chi connectivity index (χ1v) is 12.9. The summed E-state index contributed by atoms with van der Waals surface area (Å²) in [6.07, 6.45) is 0.354. The minimum Gasteiger partial charge on any atom is -0.460 e. The highest BCUT2D eigenvalue weighted by molar-refractivity contribution is 6.74. The molecule has 0 spiro atoms. The molecule has 0 aliphatic carbocycles. The molecule has 158 valence electrons. The van der Waals surface area contributed by atoms with Crippen LogP contribution in [0.2, 0.25) is 18.1 Å². The molecule has 0 saturated carbocycles. The second-order valence-electron chi connectivity index (χ2n) is 8.80. The van der Waals surface area contributed by atoms with E-state index in [1.54, 1.807) is 0 Å². The summed E-state index contributed by atoms with van der Waals surface area (Å²) in [6, 6.07) is 8.66. The number of hydrogen-bond acceptors (Lipinski definition) is 6. The minimum absolute atomic E-state index is 0.00675. The first-order valence-electron chi connectivity index (χ1n) is 9.97. The second kappa shape index (κ2) is 9.98. The fraction of sp³-hybridized carbons (Fsp3) is 0.667. The van der Waals surface area contributed by atoms with E-state index in [1.807, 2.05) is 30.3 Å². The van der Waals surface area contributed by atoms with Gasteiger partial charge in [-0.2, -0.15) is 0 Å². The van der Waals surface area contributed by atoms with Gasteiger partial charge in [-0.25, -0.2) is 0 Å². The molecule has 2 rings (SSSR count). The quantitative estimate of drug-likeness (QED) is 0.522. The molecule has 6 nitrogen and oxygen atoms in total. The Labute approximate surface area is 169 Å². The average molecular weight is 410 g/mol. The molecule has 7 heteroatoms. The van der Waals surface area contributed by atoms with Crippen LogP contribution in [-0.4, -0.2) is 45.9 Å². The highest BCUT2D eigenvalue weighted by atomic mass is 28.4. The van der Waals surface area contributed by atoms with Gasteiger partial charge in [0.15, 0.2) is 14.6 Å². The summed E-state index contributed by atoms with van der Waals surface area (Å²) in [4.78, 5) is 12.6. The molecule has 0 unspecified atom stereocenters. The standard InChI is InChI=1S/C21H35NO5Si/c1-21(2,3)28(4,5)27-17(14-18-24-12-9-13-25-18)19(22)20(23)26-15-16-10-7-6-8-11-16/h6-8,10-11,17-19H,9,12-15,22H2,1-5H3/t17-,19-/m0/s1. The smallest absolute Gasteiger partial charge is 0.325 e. The van der Waals surface area contributed by atoms with E-state index in [2.05, 4.69) is 33.9 Å². The van der Waals surface area contributed by atoms with Crippen LogP contribution in [-0.2, 0) is 30.0 Å². The van der Waals surface area contributed by atoms with Crippen LogP contribution in [0.5, 0.6) is 0 Å². The summed E-state index contributed by atoms with van der Waals surface area (Å²) < 4.78 is 23.3. The number of ether oxygens (including phenoxy) is 3. The van der Waals surface area contributed by atoms with Gasteiger partial charge in [-0.15, -0.1) is 0 Å². The fourth-order valence-corrected chi connectivity index (χ4v) is 4.02. The minimum atomic E-state index is -2.15. The third kappa shape index (κ3) is 6.67. The highest BCUT2D eigenvalue weighted by Crippen LogP contribution is 2.38. The van der Waals surface area contributed by atoms with E-state index in [4.69, 9.17) is 24.4 Å². The van der Waals surface area contributed by atoms with Gasteiger partial charge < -0.3 is 24.4 Å². The molecule has 1 aliphatic rings. The van der Waals surface area contributed by atoms with Crippen LogP contribution >= 0.6 is 0 Å². The number of hydrogen-bond donors (Lipinski definition) is 1. The summed E-state index contributed by atoms with van der Waals surface area (Å²) in [5.74, 6) is -0.469. The van der Waals surface area contributed by atoms with Crippen molar-refractivity contribution in [2.24, 2.45) is 5.73 Å². The van der Waals surface area contributed by atoms with Crippen molar-refractivity contribution in [2.45, 2.75) is 76.8 Å². The van der Waals surface area contributed by atoms with E-state index in [0.717, 1.165) is 12.0 Å². The zero-order valence-electron chi connectivity index (χ0n) is 17.8. The summed E-state index contributed by atoms with van der Waals surface area (Å²) in [5.41, 5.74) is 7.23. The van der Waals surface area contributed by atoms with Crippen LogP contribution in [0.4, 0.5) is 0 Å². The highest BCUT2D eigenvalue weighted by Gasteiger charge is 2.42. The molecule has 0 bridgehead atoms. The Morgan fingerprint density at radius 1 is 1.21 bits per heavy atom. The topological polar surface area (TPSA) is 80.0 Å². The van der Waals surface area contributed by atoms with Crippen molar-refractivity contribution in [2.75, 3.05) is 13.2 Å². The zero-order chi connectivity index (χ0) is 20.8. The van der Waals surface area contributed by atoms with Crippen molar-refractivity contribution in [1.82, 2.24) is 0 Å². The van der Waals surface area contributed by atoms with Crippen LogP contribution in [0.15, 0.2) is 30.3 Å². The lowest BCUT2D eigenvalue weighted by Gasteiger charge is -2.41. The van der Waals surface area contributed by atoms with E-state index < -0.39 is 32.7 Å². The normalized spacial score (nSPS) is 18.5. The van der Waals surface area contributed by atoms with Gasteiger partial charge in [-0.1, -0.05) is 51.1 Å². The van der Waals surface area contributed by atoms with E-state index in [0.29, 0.717) is 19.6 Å². The number of rotatable bonds is 8. The number of esters is 1. The molecule has 1 aromatic carbocycles. The second-order valence-corrected chi connectivity index (χ2v) is 13.6. The molecule has 1 fully saturated rings. The first kappa shape index (κ1) is 23.0. The molecule has 2 atom stereocenters. The van der Waals surface area contributed by atoms with Crippen LogP contribution in [0.25, 0.3) is 0 Å². The molecule has 2 N–H and O–H groups in total. The maximum Gasteiger partial charge on any atom is 0.325 e. The predicted molar refractivity (Wildman–Crippen MR) is 111 cm³/mol. The van der Waals surface area contributed by atoms with E-state index in [1.165, 1.54) is 0 Å². The van der Waals surface area contributed by atoms with Crippen molar-refractivity contribution >= 4 is 14.3 Å². The van der Waals surface area contributed by atoms with Crippen LogP contribution in [0, 0.1) is 0 Å². The molecular formula is C21H35NO5Si. The Hall–Kier alpha value is -1.25. The van der Waals surface area contributed by atoms with Gasteiger partial charge >= 0.3 is 5.97 Å². The number of benzene rings is 1. The third-order valence-electron chi connectivity index (χ3n) is 5.47. The Bertz CT molecular complexity index is 611. The van der Waals surface area contributed by atoms with Gasteiger partial charge in [0.2, 0.25) is 0 Å². The Balaban J connectivity index is 2.05. The molecule has 1 heterocycles. The average Bonchev–Trinajstić information content (AvgIpc) is 2.65. The van der Waals surface area contributed by atoms with E-state index in [-0.39, 0.29) is 11.6 Å². The van der Waals surface area contributed by atoms with Gasteiger partial charge in [0.25, 0.3) is 0 Å². The van der Waals surface area contributed by atoms with Gasteiger partial charge in [-0.05, 0) is 30.1 Å². The lowest BCUT2D eigenvalue weighted by molar-refractivity contribution is -0.192. The monoisotopic (exact) mass is 409 g/mol. The molecule has 0 amide bonds. The van der Waals surface area contributed by atoms with Crippen molar-refractivity contribution in [3.63, 3.8) is 0 Å². The van der Waals surface area contributed by atoms with Gasteiger partial charge in [0.1, 0.15) is 12.6 Å². The zero-order valence-corrected chi connectivity index (χ0v) is 18.8. The molecule has 1 saturated heterocycles. The lowest BCUT2D eigenvalue weighted by Crippen LogP contribution is -2.53. The number of carbonyl (C=O) groups excluding carboxylic acids is 1. The Morgan fingerprint density at radius 2 is 1.82 bits per heavy atom. The SMILES string of the molecule is CC(C)(C)[Si](C)(C)O[C@@H](CC1OCCCO1)[C@H](N)C(=O)OCc1ccccc1. The summed E-state index contributed by atoms with van der Waals surface area (Å²) >= 11 is 0. The van der Waals surface area contributed by atoms with Crippen molar-refractivity contribution < 1.29 is 23.4 Å². The summed E-state index contributed by atoms with van der Waals surface area (Å²) in [5, 5.41) is -0.00675. The van der Waals surface area contributed by atoms with Crippen molar-refractivity contribution in [3.8, 4) is 0 Å². The maximum atomic E-state index is 12.6. The van der Waals surface area contributed by atoms with Crippen LogP contribution in [0.1, 0.15) is 39.2 Å². The van der Waals surface area contributed by atoms with Gasteiger partial charge in [0, 0.05) is 6.42 Å². The first-order chi connectivity index (χ1) is 13.1. The fourth-order valence-electron chi connectivity index (χ4n) is 2.66. The predicted octanol–water partition coefficient (Wildman–Crippen LogP) is 3.60. The molecule has 1 aliphatic heterocycles. The number of carbonyl (C=O) groups is 1. The van der Waals surface area contributed by atoms with Crippen molar-refractivity contribution in [1.29, 1.82) is 0 Å². The maximum absolute atomic E-state index is 12.6. The van der Waals surface area contributed by atoms with Crippen LogP contribution < -0.4 is 5.73 Å². The third-order valence-corrected chi connectivity index (χ3v) is 9.97. The summed E-state index contributed by atoms with van der Waals surface area (Å²) in [7, 11) is -2.15. The lowest BCUT2D eigenvalue weighted by atomic mass is 10.1. The molecule has 28 heavy (non-hydrogen) atoms. The molecule has 1 aromatic rings. The number of nitrogens with two attached hydrogens (primary N) is 1. The summed E-state index contributed by atoms with van der Waals surface area (Å²) in [6.45, 7) is 12.2. The Morgan fingerprint density at radius 3 is 2.39 bits per heavy atom. The largest absolute Gasteiger partial charge is 0.460 e. The van der Waals surface area contributed by atoms with E-state index in [9.17, 15) is 4.79 Å². The van der Waals surface area contributed by atoms with Gasteiger partial charge in [-0.3, -0.25) is 4.79 Å².